The molecule has 0 aromatic carbocycles. The molecule has 0 spiro atoms. The standard InChI is InChI=1S/C15H23N3O3/c1-15(2,3)21-14(20)17-12(9-19)13-8-16-10-18(13)11-6-4-5-7-11/h4-5,8,10-12,19H,6-7,9H2,1-3H3,(H,17,20). The number of rotatable bonds is 4. The van der Waals surface area contributed by atoms with Crippen LogP contribution < -0.4 is 5.32 Å². The Morgan fingerprint density at radius 1 is 1.52 bits per heavy atom. The normalized spacial score (nSPS) is 17.0. The van der Waals surface area contributed by atoms with Crippen LogP contribution in [0.25, 0.3) is 0 Å². The summed E-state index contributed by atoms with van der Waals surface area (Å²) in [6.07, 6.45) is 9.01. The molecule has 1 aromatic heterocycles. The van der Waals surface area contributed by atoms with Crippen LogP contribution in [0.1, 0.15) is 51.4 Å². The highest BCUT2D eigenvalue weighted by Crippen LogP contribution is 2.27. The molecule has 1 aliphatic carbocycles. The number of nitrogens with zero attached hydrogens (tertiary/aromatic N) is 2. The maximum absolute atomic E-state index is 11.9. The molecule has 6 heteroatoms. The van der Waals surface area contributed by atoms with Crippen molar-refractivity contribution in [2.24, 2.45) is 0 Å². The summed E-state index contributed by atoms with van der Waals surface area (Å²) in [5, 5.41) is 12.3. The molecule has 2 rings (SSSR count). The number of aliphatic hydroxyl groups is 1. The van der Waals surface area contributed by atoms with Crippen molar-refractivity contribution in [3.05, 3.63) is 30.4 Å². The third-order valence-electron chi connectivity index (χ3n) is 3.30. The van der Waals surface area contributed by atoms with Crippen LogP contribution >= 0.6 is 0 Å². The second-order valence-corrected chi connectivity index (χ2v) is 6.20. The molecule has 0 bridgehead atoms. The van der Waals surface area contributed by atoms with Crippen LogP contribution in [-0.2, 0) is 4.74 Å². The van der Waals surface area contributed by atoms with Crippen molar-refractivity contribution in [1.82, 2.24) is 14.9 Å². The SMILES string of the molecule is CC(C)(C)OC(=O)NC(CO)c1cncn1C1CC=CC1. The minimum Gasteiger partial charge on any atom is -0.444 e. The van der Waals surface area contributed by atoms with E-state index in [-0.39, 0.29) is 6.61 Å². The largest absolute Gasteiger partial charge is 0.444 e. The highest BCUT2D eigenvalue weighted by Gasteiger charge is 2.24. The minimum atomic E-state index is -0.570. The number of ether oxygens (including phenoxy) is 1. The zero-order chi connectivity index (χ0) is 15.5. The third kappa shape index (κ3) is 4.07. The van der Waals surface area contributed by atoms with Gasteiger partial charge in [-0.2, -0.15) is 0 Å². The van der Waals surface area contributed by atoms with Crippen LogP contribution in [0.2, 0.25) is 0 Å². The molecule has 21 heavy (non-hydrogen) atoms. The number of hydrogen-bond acceptors (Lipinski definition) is 4. The molecule has 116 valence electrons. The zero-order valence-electron chi connectivity index (χ0n) is 12.7. The first kappa shape index (κ1) is 15.6. The number of imidazole rings is 1. The summed E-state index contributed by atoms with van der Waals surface area (Å²) in [5.74, 6) is 0. The zero-order valence-corrected chi connectivity index (χ0v) is 12.7. The Bertz CT molecular complexity index is 508. The number of allylic oxidation sites excluding steroid dienone is 2. The molecule has 1 unspecified atom stereocenters. The van der Waals surface area contributed by atoms with Crippen LogP contribution in [0.15, 0.2) is 24.7 Å². The van der Waals surface area contributed by atoms with Gasteiger partial charge in [0.05, 0.1) is 30.9 Å². The van der Waals surface area contributed by atoms with Gasteiger partial charge >= 0.3 is 6.09 Å². The maximum atomic E-state index is 11.9. The first-order valence-corrected chi connectivity index (χ1v) is 7.18. The van der Waals surface area contributed by atoms with Gasteiger partial charge < -0.3 is 19.7 Å². The van der Waals surface area contributed by atoms with Gasteiger partial charge in [-0.05, 0) is 33.6 Å². The van der Waals surface area contributed by atoms with Crippen molar-refractivity contribution in [2.45, 2.75) is 51.3 Å². The summed E-state index contributed by atoms with van der Waals surface area (Å²) in [6, 6.07) is -0.222. The number of amides is 1. The fourth-order valence-corrected chi connectivity index (χ4v) is 2.38. The summed E-state index contributed by atoms with van der Waals surface area (Å²) >= 11 is 0. The molecule has 6 nitrogen and oxygen atoms in total. The van der Waals surface area contributed by atoms with Crippen LogP contribution in [-0.4, -0.2) is 33.0 Å². The summed E-state index contributed by atoms with van der Waals surface area (Å²) in [6.45, 7) is 5.20. The van der Waals surface area contributed by atoms with Gasteiger partial charge in [-0.15, -0.1) is 0 Å². The Hall–Kier alpha value is -1.82. The van der Waals surface area contributed by atoms with Crippen LogP contribution in [0.3, 0.4) is 0 Å². The molecule has 0 saturated carbocycles. The van der Waals surface area contributed by atoms with Gasteiger partial charge in [0.2, 0.25) is 0 Å². The van der Waals surface area contributed by atoms with Gasteiger partial charge in [0, 0.05) is 6.04 Å². The Balaban J connectivity index is 2.07. The predicted molar refractivity (Wildman–Crippen MR) is 78.8 cm³/mol. The molecule has 1 atom stereocenters. The fourth-order valence-electron chi connectivity index (χ4n) is 2.38. The van der Waals surface area contributed by atoms with E-state index in [0.717, 1.165) is 18.5 Å². The van der Waals surface area contributed by atoms with Crippen LogP contribution in [0, 0.1) is 0 Å². The van der Waals surface area contributed by atoms with Gasteiger partial charge in [0.1, 0.15) is 5.60 Å². The van der Waals surface area contributed by atoms with E-state index in [9.17, 15) is 9.90 Å². The summed E-state index contributed by atoms with van der Waals surface area (Å²) in [5.41, 5.74) is 0.219. The van der Waals surface area contributed by atoms with E-state index >= 15 is 0 Å². The van der Waals surface area contributed by atoms with Gasteiger partial charge in [-0.1, -0.05) is 12.2 Å². The molecule has 0 saturated heterocycles. The van der Waals surface area contributed by atoms with Crippen molar-refractivity contribution >= 4 is 6.09 Å². The van der Waals surface area contributed by atoms with E-state index in [0.29, 0.717) is 6.04 Å². The quantitative estimate of drug-likeness (QED) is 0.835. The third-order valence-corrected chi connectivity index (χ3v) is 3.30. The molecule has 0 radical (unpaired) electrons. The van der Waals surface area contributed by atoms with E-state index < -0.39 is 17.7 Å². The second-order valence-electron chi connectivity index (χ2n) is 6.20. The summed E-state index contributed by atoms with van der Waals surface area (Å²) < 4.78 is 7.24. The lowest BCUT2D eigenvalue weighted by Gasteiger charge is -2.24. The fraction of sp³-hybridized carbons (Fsp3) is 0.600. The van der Waals surface area contributed by atoms with Gasteiger partial charge in [0.25, 0.3) is 0 Å². The van der Waals surface area contributed by atoms with E-state index in [2.05, 4.69) is 22.5 Å². The van der Waals surface area contributed by atoms with E-state index in [1.165, 1.54) is 0 Å². The summed E-state index contributed by atoms with van der Waals surface area (Å²) in [7, 11) is 0. The number of aliphatic hydroxyl groups excluding tert-OH is 1. The predicted octanol–water partition coefficient (Wildman–Crippen LogP) is 2.33. The Labute approximate surface area is 124 Å². The molecule has 1 heterocycles. The maximum Gasteiger partial charge on any atom is 0.408 e. The Morgan fingerprint density at radius 3 is 2.76 bits per heavy atom. The smallest absolute Gasteiger partial charge is 0.408 e. The highest BCUT2D eigenvalue weighted by atomic mass is 16.6. The van der Waals surface area contributed by atoms with Crippen molar-refractivity contribution in [2.75, 3.05) is 6.61 Å². The average molecular weight is 293 g/mol. The van der Waals surface area contributed by atoms with Crippen LogP contribution in [0.5, 0.6) is 0 Å². The Morgan fingerprint density at radius 2 is 2.19 bits per heavy atom. The lowest BCUT2D eigenvalue weighted by Crippen LogP contribution is -2.37. The first-order chi connectivity index (χ1) is 9.90. The molecular formula is C15H23N3O3. The minimum absolute atomic E-state index is 0.203. The van der Waals surface area contributed by atoms with Crippen molar-refractivity contribution in [1.29, 1.82) is 0 Å². The number of nitrogens with one attached hydrogen (secondary N) is 1. The van der Waals surface area contributed by atoms with Crippen molar-refractivity contribution in [3.63, 3.8) is 0 Å². The van der Waals surface area contributed by atoms with E-state index in [1.807, 2.05) is 4.57 Å². The lowest BCUT2D eigenvalue weighted by atomic mass is 10.1. The number of alkyl carbamates (subject to hydrolysis) is 1. The topological polar surface area (TPSA) is 76.4 Å². The molecule has 1 aromatic rings. The monoisotopic (exact) mass is 293 g/mol. The first-order valence-electron chi connectivity index (χ1n) is 7.18. The molecule has 2 N–H and O–H groups in total. The van der Waals surface area contributed by atoms with Crippen LogP contribution in [0.4, 0.5) is 4.79 Å². The number of carbonyl (C=O) groups excluding carboxylic acids is 1. The second kappa shape index (κ2) is 6.30. The summed E-state index contributed by atoms with van der Waals surface area (Å²) in [4.78, 5) is 16.0. The lowest BCUT2D eigenvalue weighted by molar-refractivity contribution is 0.0478. The molecular weight excluding hydrogens is 270 g/mol. The van der Waals surface area contributed by atoms with Gasteiger partial charge in [-0.3, -0.25) is 0 Å². The number of hydrogen-bond donors (Lipinski definition) is 2. The molecule has 0 aliphatic heterocycles. The molecule has 1 aliphatic rings. The molecule has 0 fully saturated rings. The highest BCUT2D eigenvalue weighted by molar-refractivity contribution is 5.68. The Kier molecular flexibility index (Phi) is 4.67. The van der Waals surface area contributed by atoms with Crippen molar-refractivity contribution in [3.8, 4) is 0 Å². The van der Waals surface area contributed by atoms with Gasteiger partial charge in [-0.25, -0.2) is 9.78 Å². The van der Waals surface area contributed by atoms with Crippen molar-refractivity contribution < 1.29 is 14.6 Å². The molecule has 1 amide bonds. The number of aromatic nitrogens is 2. The average Bonchev–Trinajstić information content (AvgIpc) is 3.03. The van der Waals surface area contributed by atoms with E-state index in [1.54, 1.807) is 33.3 Å². The van der Waals surface area contributed by atoms with Gasteiger partial charge in [0.15, 0.2) is 0 Å². The van der Waals surface area contributed by atoms with E-state index in [4.69, 9.17) is 4.74 Å². The number of carbonyl (C=O) groups is 1.